The van der Waals surface area contributed by atoms with Gasteiger partial charge in [-0.05, 0) is 51.0 Å². The number of rotatable bonds is 4. The molecule has 0 saturated heterocycles. The number of hydrogen-bond donors (Lipinski definition) is 1. The molecule has 21 heavy (non-hydrogen) atoms. The number of benzene rings is 1. The largest absolute Gasteiger partial charge is 0.480 e. The molecule has 1 heterocycles. The maximum Gasteiger partial charge on any atom is 0.326 e. The molecule has 0 spiro atoms. The Morgan fingerprint density at radius 2 is 2.10 bits per heavy atom. The number of nitrogens with zero attached hydrogens (tertiary/aromatic N) is 1. The lowest BCUT2D eigenvalue weighted by atomic mass is 9.86. The number of carboxylic acids is 1. The van der Waals surface area contributed by atoms with E-state index in [1.54, 1.807) is 0 Å². The van der Waals surface area contributed by atoms with Crippen molar-refractivity contribution in [2.24, 2.45) is 0 Å². The van der Waals surface area contributed by atoms with Crippen LogP contribution in [0.2, 0.25) is 5.02 Å². The van der Waals surface area contributed by atoms with Gasteiger partial charge in [-0.2, -0.15) is 0 Å². The lowest BCUT2D eigenvalue weighted by molar-refractivity contribution is -0.139. The average Bonchev–Trinajstić information content (AvgIpc) is 2.37. The molecule has 4 heteroatoms. The van der Waals surface area contributed by atoms with Crippen LogP contribution < -0.4 is 4.90 Å². The van der Waals surface area contributed by atoms with E-state index in [4.69, 9.17) is 11.6 Å². The summed E-state index contributed by atoms with van der Waals surface area (Å²) >= 11 is 6.10. The fourth-order valence-corrected chi connectivity index (χ4v) is 3.40. The molecule has 1 atom stereocenters. The third kappa shape index (κ3) is 2.93. The molecule has 3 nitrogen and oxygen atoms in total. The fourth-order valence-electron chi connectivity index (χ4n) is 3.23. The molecule has 0 fully saturated rings. The Labute approximate surface area is 131 Å². The lowest BCUT2D eigenvalue weighted by Crippen LogP contribution is -2.54. The van der Waals surface area contributed by atoms with Crippen molar-refractivity contribution in [1.82, 2.24) is 0 Å². The Kier molecular flexibility index (Phi) is 4.33. The van der Waals surface area contributed by atoms with E-state index in [0.717, 1.165) is 23.2 Å². The third-order valence-electron chi connectivity index (χ3n) is 3.99. The second kappa shape index (κ2) is 5.72. The summed E-state index contributed by atoms with van der Waals surface area (Å²) < 4.78 is 0. The number of fused-ring (bicyclic) bond motifs is 1. The van der Waals surface area contributed by atoms with Gasteiger partial charge in [0.25, 0.3) is 0 Å². The normalized spacial score (nSPS) is 18.0. The predicted molar refractivity (Wildman–Crippen MR) is 88.0 cm³/mol. The van der Waals surface area contributed by atoms with E-state index in [2.05, 4.69) is 19.9 Å². The quantitative estimate of drug-likeness (QED) is 0.884. The number of allylic oxidation sites excluding steroid dienone is 1. The summed E-state index contributed by atoms with van der Waals surface area (Å²) in [5.74, 6) is -0.779. The molecule has 1 N–H and O–H groups in total. The van der Waals surface area contributed by atoms with Crippen molar-refractivity contribution in [2.75, 3.05) is 4.90 Å². The van der Waals surface area contributed by atoms with E-state index in [0.29, 0.717) is 11.4 Å². The highest BCUT2D eigenvalue weighted by atomic mass is 35.5. The molecule has 0 radical (unpaired) electrons. The highest BCUT2D eigenvalue weighted by Crippen LogP contribution is 2.41. The monoisotopic (exact) mass is 307 g/mol. The minimum atomic E-state index is -0.779. The van der Waals surface area contributed by atoms with Gasteiger partial charge in [0.15, 0.2) is 0 Å². The lowest BCUT2D eigenvalue weighted by Gasteiger charge is -2.46. The molecule has 0 amide bonds. The zero-order chi connectivity index (χ0) is 15.8. The van der Waals surface area contributed by atoms with Crippen molar-refractivity contribution in [1.29, 1.82) is 0 Å². The molecular weight excluding hydrogens is 286 g/mol. The van der Waals surface area contributed by atoms with Crippen LogP contribution in [0, 0.1) is 0 Å². The Morgan fingerprint density at radius 3 is 2.67 bits per heavy atom. The Hall–Kier alpha value is -1.48. The number of aliphatic carboxylic acids is 1. The van der Waals surface area contributed by atoms with Crippen LogP contribution in [0.15, 0.2) is 24.3 Å². The van der Waals surface area contributed by atoms with E-state index in [1.165, 1.54) is 0 Å². The smallest absolute Gasteiger partial charge is 0.326 e. The Bertz CT molecular complexity index is 592. The predicted octanol–water partition coefficient (Wildman–Crippen LogP) is 4.60. The molecule has 0 bridgehead atoms. The van der Waals surface area contributed by atoms with Crippen molar-refractivity contribution in [3.8, 4) is 0 Å². The second-order valence-electron chi connectivity index (χ2n) is 6.16. The van der Waals surface area contributed by atoms with Crippen LogP contribution in [0.25, 0.3) is 5.57 Å². The van der Waals surface area contributed by atoms with Crippen LogP contribution in [-0.4, -0.2) is 22.7 Å². The number of hydrogen-bond acceptors (Lipinski definition) is 2. The van der Waals surface area contributed by atoms with Gasteiger partial charge in [0.05, 0.1) is 5.54 Å². The summed E-state index contributed by atoms with van der Waals surface area (Å²) in [6.45, 7) is 8.17. The zero-order valence-corrected chi connectivity index (χ0v) is 13.7. The first-order valence-corrected chi connectivity index (χ1v) is 7.67. The summed E-state index contributed by atoms with van der Waals surface area (Å²) in [4.78, 5) is 13.8. The van der Waals surface area contributed by atoms with Crippen molar-refractivity contribution in [2.45, 2.75) is 52.1 Å². The van der Waals surface area contributed by atoms with E-state index in [9.17, 15) is 9.90 Å². The zero-order valence-electron chi connectivity index (χ0n) is 13.0. The first-order valence-electron chi connectivity index (χ1n) is 7.29. The minimum Gasteiger partial charge on any atom is -0.480 e. The van der Waals surface area contributed by atoms with E-state index in [-0.39, 0.29) is 5.54 Å². The van der Waals surface area contributed by atoms with Crippen molar-refractivity contribution < 1.29 is 9.90 Å². The van der Waals surface area contributed by atoms with Gasteiger partial charge in [-0.3, -0.25) is 0 Å². The number of carbonyl (C=O) groups is 1. The summed E-state index contributed by atoms with van der Waals surface area (Å²) in [5.41, 5.74) is 2.76. The van der Waals surface area contributed by atoms with E-state index < -0.39 is 12.0 Å². The standard InChI is InChI=1S/C17H22ClNO2/c1-5-6-15(16(20)21)19-14-8-7-12(18)9-13(14)11(2)10-17(19,3)4/h7-10,15H,5-6H2,1-4H3,(H,20,21)/t15-/m0/s1. The van der Waals surface area contributed by atoms with Gasteiger partial charge in [0.1, 0.15) is 6.04 Å². The summed E-state index contributed by atoms with van der Waals surface area (Å²) in [6.07, 6.45) is 3.57. The molecule has 114 valence electrons. The van der Waals surface area contributed by atoms with Crippen LogP contribution in [0.4, 0.5) is 5.69 Å². The Balaban J connectivity index is 2.61. The van der Waals surface area contributed by atoms with Crippen LogP contribution in [0.5, 0.6) is 0 Å². The molecule has 1 aliphatic heterocycles. The van der Waals surface area contributed by atoms with Gasteiger partial charge in [0.2, 0.25) is 0 Å². The molecule has 0 aromatic heterocycles. The van der Waals surface area contributed by atoms with Gasteiger partial charge in [-0.1, -0.05) is 31.0 Å². The molecule has 0 saturated carbocycles. The van der Waals surface area contributed by atoms with Gasteiger partial charge in [-0.25, -0.2) is 4.79 Å². The highest BCUT2D eigenvalue weighted by molar-refractivity contribution is 6.30. The van der Waals surface area contributed by atoms with Crippen LogP contribution in [0.1, 0.15) is 46.1 Å². The van der Waals surface area contributed by atoms with Gasteiger partial charge < -0.3 is 10.0 Å². The maximum absolute atomic E-state index is 11.7. The van der Waals surface area contributed by atoms with Crippen molar-refractivity contribution in [3.63, 3.8) is 0 Å². The Morgan fingerprint density at radius 1 is 1.43 bits per heavy atom. The van der Waals surface area contributed by atoms with Gasteiger partial charge in [-0.15, -0.1) is 0 Å². The highest BCUT2D eigenvalue weighted by Gasteiger charge is 2.38. The molecular formula is C17H22ClNO2. The van der Waals surface area contributed by atoms with E-state index >= 15 is 0 Å². The third-order valence-corrected chi connectivity index (χ3v) is 4.23. The SMILES string of the molecule is CCC[C@@H](C(=O)O)N1c2ccc(Cl)cc2C(C)=CC1(C)C. The number of anilines is 1. The fraction of sp³-hybridized carbons (Fsp3) is 0.471. The van der Waals surface area contributed by atoms with Gasteiger partial charge in [0, 0.05) is 16.3 Å². The maximum atomic E-state index is 11.7. The summed E-state index contributed by atoms with van der Waals surface area (Å²) in [5, 5.41) is 10.3. The topological polar surface area (TPSA) is 40.5 Å². The molecule has 0 aliphatic carbocycles. The number of halogens is 1. The van der Waals surface area contributed by atoms with Crippen molar-refractivity contribution >= 4 is 28.8 Å². The van der Waals surface area contributed by atoms with Crippen LogP contribution in [0.3, 0.4) is 0 Å². The molecule has 1 aromatic carbocycles. The first-order chi connectivity index (χ1) is 9.77. The molecule has 2 rings (SSSR count). The first kappa shape index (κ1) is 15.9. The van der Waals surface area contributed by atoms with Crippen LogP contribution >= 0.6 is 11.6 Å². The molecule has 1 aromatic rings. The van der Waals surface area contributed by atoms with Gasteiger partial charge >= 0.3 is 5.97 Å². The number of carboxylic acid groups (broad SMARTS) is 1. The second-order valence-corrected chi connectivity index (χ2v) is 6.59. The molecule has 0 unspecified atom stereocenters. The summed E-state index contributed by atoms with van der Waals surface area (Å²) in [7, 11) is 0. The minimum absolute atomic E-state index is 0.344. The summed E-state index contributed by atoms with van der Waals surface area (Å²) in [6, 6.07) is 5.14. The van der Waals surface area contributed by atoms with Crippen LogP contribution in [-0.2, 0) is 4.79 Å². The van der Waals surface area contributed by atoms with Crippen molar-refractivity contribution in [3.05, 3.63) is 34.9 Å². The average molecular weight is 308 g/mol. The van der Waals surface area contributed by atoms with E-state index in [1.807, 2.05) is 36.9 Å². The molecule has 1 aliphatic rings.